The van der Waals surface area contributed by atoms with Crippen molar-refractivity contribution in [1.29, 1.82) is 0 Å². The van der Waals surface area contributed by atoms with Gasteiger partial charge >= 0.3 is 0 Å². The highest BCUT2D eigenvalue weighted by atomic mass is 32.2. The Hall–Kier alpha value is -1.05. The molecule has 7 heteroatoms. The normalized spacial score (nSPS) is 26.4. The molecule has 1 aromatic rings. The molecule has 0 amide bonds. The summed E-state index contributed by atoms with van der Waals surface area (Å²) in [6, 6.07) is 3.04. The van der Waals surface area contributed by atoms with Gasteiger partial charge in [0, 0.05) is 24.7 Å². The average molecular weight is 280 g/mol. The van der Waals surface area contributed by atoms with Gasteiger partial charge in [0.15, 0.2) is 5.16 Å². The number of hydrogen-bond donors (Lipinski definition) is 3. The monoisotopic (exact) mass is 280 g/mol. The third kappa shape index (κ3) is 2.63. The van der Waals surface area contributed by atoms with Gasteiger partial charge in [-0.15, -0.1) is 0 Å². The maximum Gasteiger partial charge on any atom is 0.191 e. The summed E-state index contributed by atoms with van der Waals surface area (Å²) >= 11 is 1.52. The molecule has 0 aromatic carbocycles. The molecule has 0 bridgehead atoms. The number of fused-ring (bicyclic) bond motifs is 1. The van der Waals surface area contributed by atoms with Crippen LogP contribution in [-0.4, -0.2) is 46.3 Å². The predicted molar refractivity (Wildman–Crippen MR) is 78.2 cm³/mol. The Kier molecular flexibility index (Phi) is 3.76. The van der Waals surface area contributed by atoms with Crippen molar-refractivity contribution in [2.75, 3.05) is 30.1 Å². The molecule has 3 heterocycles. The van der Waals surface area contributed by atoms with E-state index in [4.69, 9.17) is 5.84 Å². The zero-order chi connectivity index (χ0) is 13.2. The first-order valence-corrected chi connectivity index (χ1v) is 7.93. The maximum absolute atomic E-state index is 5.45. The summed E-state index contributed by atoms with van der Waals surface area (Å²) in [5, 5.41) is 4.30. The highest BCUT2D eigenvalue weighted by molar-refractivity contribution is 7.98. The van der Waals surface area contributed by atoms with Crippen LogP contribution in [0.15, 0.2) is 11.2 Å². The van der Waals surface area contributed by atoms with E-state index >= 15 is 0 Å². The van der Waals surface area contributed by atoms with E-state index in [1.54, 1.807) is 0 Å². The second kappa shape index (κ2) is 5.52. The summed E-state index contributed by atoms with van der Waals surface area (Å²) in [5.41, 5.74) is 2.60. The second-order valence-electron chi connectivity index (χ2n) is 5.05. The molecule has 104 valence electrons. The van der Waals surface area contributed by atoms with Crippen molar-refractivity contribution in [3.8, 4) is 0 Å². The van der Waals surface area contributed by atoms with Gasteiger partial charge in [-0.3, -0.25) is 4.90 Å². The molecule has 2 atom stereocenters. The van der Waals surface area contributed by atoms with Crippen molar-refractivity contribution >= 4 is 23.4 Å². The van der Waals surface area contributed by atoms with Crippen LogP contribution in [0.5, 0.6) is 0 Å². The first kappa shape index (κ1) is 13.0. The van der Waals surface area contributed by atoms with E-state index in [0.717, 1.165) is 11.0 Å². The van der Waals surface area contributed by atoms with Crippen LogP contribution < -0.4 is 16.6 Å². The van der Waals surface area contributed by atoms with Crippen molar-refractivity contribution in [3.63, 3.8) is 0 Å². The van der Waals surface area contributed by atoms with Crippen LogP contribution in [-0.2, 0) is 0 Å². The lowest BCUT2D eigenvalue weighted by Crippen LogP contribution is -2.34. The Morgan fingerprint density at radius 2 is 2.16 bits per heavy atom. The molecule has 0 radical (unpaired) electrons. The standard InChI is InChI=1S/C12H20N6S/c1-19-12-15-10(7-11(16-12)17-13)14-8-4-6-18-5-2-3-9(8)18/h7-9H,2-6,13H2,1H3,(H2,14,15,16,17). The molecule has 4 N–H and O–H groups in total. The van der Waals surface area contributed by atoms with Crippen molar-refractivity contribution in [2.24, 2.45) is 5.84 Å². The Bertz CT molecular complexity index is 432. The second-order valence-corrected chi connectivity index (χ2v) is 5.83. The lowest BCUT2D eigenvalue weighted by atomic mass is 10.1. The van der Waals surface area contributed by atoms with E-state index < -0.39 is 0 Å². The lowest BCUT2D eigenvalue weighted by molar-refractivity contribution is 0.318. The smallest absolute Gasteiger partial charge is 0.191 e. The number of nitrogens with zero attached hydrogens (tertiary/aromatic N) is 3. The summed E-state index contributed by atoms with van der Waals surface area (Å²) in [4.78, 5) is 11.4. The summed E-state index contributed by atoms with van der Waals surface area (Å²) in [6.45, 7) is 2.45. The van der Waals surface area contributed by atoms with Gasteiger partial charge in [0.05, 0.1) is 0 Å². The van der Waals surface area contributed by atoms with Crippen LogP contribution >= 0.6 is 11.8 Å². The zero-order valence-electron chi connectivity index (χ0n) is 11.1. The van der Waals surface area contributed by atoms with E-state index in [9.17, 15) is 0 Å². The number of hydrogen-bond acceptors (Lipinski definition) is 7. The fourth-order valence-electron chi connectivity index (χ4n) is 3.11. The number of nitrogens with one attached hydrogen (secondary N) is 2. The Morgan fingerprint density at radius 1 is 1.32 bits per heavy atom. The first-order valence-electron chi connectivity index (χ1n) is 6.70. The molecule has 2 saturated heterocycles. The number of nitrogens with two attached hydrogens (primary N) is 1. The number of hydrazine groups is 1. The lowest BCUT2D eigenvalue weighted by Gasteiger charge is -2.22. The molecule has 2 aliphatic rings. The van der Waals surface area contributed by atoms with Gasteiger partial charge in [0.25, 0.3) is 0 Å². The van der Waals surface area contributed by atoms with Crippen molar-refractivity contribution in [3.05, 3.63) is 6.07 Å². The molecule has 0 saturated carbocycles. The van der Waals surface area contributed by atoms with Crippen molar-refractivity contribution in [2.45, 2.75) is 36.5 Å². The third-order valence-electron chi connectivity index (χ3n) is 3.98. The molecular weight excluding hydrogens is 260 g/mol. The van der Waals surface area contributed by atoms with Gasteiger partial charge in [-0.25, -0.2) is 15.8 Å². The van der Waals surface area contributed by atoms with Gasteiger partial charge in [0.2, 0.25) is 0 Å². The van der Waals surface area contributed by atoms with Gasteiger partial charge in [-0.2, -0.15) is 0 Å². The fraction of sp³-hybridized carbons (Fsp3) is 0.667. The SMILES string of the molecule is CSc1nc(NN)cc(NC2CCN3CCCC23)n1. The third-order valence-corrected chi connectivity index (χ3v) is 4.52. The fourth-order valence-corrected chi connectivity index (χ4v) is 3.48. The van der Waals surface area contributed by atoms with Crippen LogP contribution in [0.3, 0.4) is 0 Å². The minimum Gasteiger partial charge on any atom is -0.366 e. The van der Waals surface area contributed by atoms with Crippen LogP contribution in [0, 0.1) is 0 Å². The Morgan fingerprint density at radius 3 is 2.95 bits per heavy atom. The molecule has 1 aromatic heterocycles. The van der Waals surface area contributed by atoms with Crippen molar-refractivity contribution in [1.82, 2.24) is 14.9 Å². The highest BCUT2D eigenvalue weighted by Gasteiger charge is 2.37. The molecule has 3 rings (SSSR count). The summed E-state index contributed by atoms with van der Waals surface area (Å²) < 4.78 is 0. The van der Waals surface area contributed by atoms with E-state index in [1.165, 1.54) is 44.1 Å². The summed E-state index contributed by atoms with van der Waals surface area (Å²) in [6.07, 6.45) is 5.76. The van der Waals surface area contributed by atoms with Gasteiger partial charge in [0.1, 0.15) is 11.6 Å². The van der Waals surface area contributed by atoms with Crippen LogP contribution in [0.2, 0.25) is 0 Å². The molecule has 2 unspecified atom stereocenters. The molecule has 2 fully saturated rings. The van der Waals surface area contributed by atoms with Crippen LogP contribution in [0.4, 0.5) is 11.6 Å². The molecule has 19 heavy (non-hydrogen) atoms. The summed E-state index contributed by atoms with van der Waals surface area (Å²) in [5.74, 6) is 6.97. The number of anilines is 2. The molecule has 0 aliphatic carbocycles. The first-order chi connectivity index (χ1) is 9.30. The Balaban J connectivity index is 1.75. The maximum atomic E-state index is 5.45. The van der Waals surface area contributed by atoms with E-state index in [0.29, 0.717) is 17.9 Å². The topological polar surface area (TPSA) is 79.1 Å². The van der Waals surface area contributed by atoms with E-state index in [1.807, 2.05) is 12.3 Å². The van der Waals surface area contributed by atoms with Gasteiger partial charge < -0.3 is 10.7 Å². The molecule has 0 spiro atoms. The number of aromatic nitrogens is 2. The predicted octanol–water partition coefficient (Wildman–Crippen LogP) is 1.13. The Labute approximate surface area is 117 Å². The van der Waals surface area contributed by atoms with Crippen molar-refractivity contribution < 1.29 is 0 Å². The van der Waals surface area contributed by atoms with Gasteiger partial charge in [-0.05, 0) is 32.1 Å². The largest absolute Gasteiger partial charge is 0.366 e. The van der Waals surface area contributed by atoms with E-state index in [2.05, 4.69) is 25.6 Å². The number of nitrogen functional groups attached to an aromatic ring is 1. The minimum absolute atomic E-state index is 0.498. The molecule has 2 aliphatic heterocycles. The minimum atomic E-state index is 0.498. The van der Waals surface area contributed by atoms with Crippen LogP contribution in [0.25, 0.3) is 0 Å². The number of thioether (sulfide) groups is 1. The zero-order valence-corrected chi connectivity index (χ0v) is 11.9. The van der Waals surface area contributed by atoms with Crippen LogP contribution in [0.1, 0.15) is 19.3 Å². The summed E-state index contributed by atoms with van der Waals surface area (Å²) in [7, 11) is 0. The highest BCUT2D eigenvalue weighted by Crippen LogP contribution is 2.30. The molecular formula is C12H20N6S. The molecule has 6 nitrogen and oxygen atoms in total. The van der Waals surface area contributed by atoms with E-state index in [-0.39, 0.29) is 0 Å². The van der Waals surface area contributed by atoms with Gasteiger partial charge in [-0.1, -0.05) is 11.8 Å². The number of rotatable bonds is 4. The quantitative estimate of drug-likeness (QED) is 0.330. The average Bonchev–Trinajstić information content (AvgIpc) is 3.03.